The number of nitrogens with zero attached hydrogens (tertiary/aromatic N) is 3. The normalized spacial score (nSPS) is 23.6. The predicted molar refractivity (Wildman–Crippen MR) is 139 cm³/mol. The number of hydrogen-bond acceptors (Lipinski definition) is 9. The molecule has 1 aromatic rings. The van der Waals surface area contributed by atoms with E-state index in [0.29, 0.717) is 26.1 Å². The van der Waals surface area contributed by atoms with Crippen molar-refractivity contribution in [1.82, 2.24) is 15.1 Å². The summed E-state index contributed by atoms with van der Waals surface area (Å²) in [7, 11) is 1.35. The minimum absolute atomic E-state index is 0.149. The molecule has 2 aliphatic heterocycles. The highest BCUT2D eigenvalue weighted by atomic mass is 16.5. The maximum absolute atomic E-state index is 13.8. The smallest absolute Gasteiger partial charge is 0.328 e. The minimum atomic E-state index is -1.04. The van der Waals surface area contributed by atoms with Crippen LogP contribution in [0.5, 0.6) is 0 Å². The number of ether oxygens (including phenoxy) is 2. The number of carbonyl (C=O) groups is 2. The number of nitrogens with two attached hydrogens (primary N) is 1. The molecule has 4 rings (SSSR count). The van der Waals surface area contributed by atoms with Crippen molar-refractivity contribution in [2.45, 2.75) is 62.8 Å². The van der Waals surface area contributed by atoms with Gasteiger partial charge in [-0.3, -0.25) is 15.1 Å². The fourth-order valence-corrected chi connectivity index (χ4v) is 4.91. The Kier molecular flexibility index (Phi) is 9.45. The van der Waals surface area contributed by atoms with Gasteiger partial charge in [0.05, 0.1) is 39.2 Å². The van der Waals surface area contributed by atoms with E-state index in [9.17, 15) is 14.7 Å². The number of hydrogen-bond donors (Lipinski definition) is 3. The quantitative estimate of drug-likeness (QED) is 0.295. The van der Waals surface area contributed by atoms with Crippen molar-refractivity contribution in [2.75, 3.05) is 26.8 Å². The van der Waals surface area contributed by atoms with E-state index in [2.05, 4.69) is 22.5 Å². The van der Waals surface area contributed by atoms with Crippen molar-refractivity contribution in [2.24, 2.45) is 10.7 Å². The third-order valence-electron chi connectivity index (χ3n) is 6.88. The van der Waals surface area contributed by atoms with E-state index in [0.717, 1.165) is 30.4 Å². The number of rotatable bonds is 11. The maximum Gasteiger partial charge on any atom is 0.328 e. The first-order valence-electron chi connectivity index (χ1n) is 12.8. The number of benzene rings is 1. The van der Waals surface area contributed by atoms with Crippen molar-refractivity contribution >= 4 is 18.2 Å². The van der Waals surface area contributed by atoms with Crippen molar-refractivity contribution in [3.8, 4) is 0 Å². The molecule has 5 atom stereocenters. The Morgan fingerprint density at radius 3 is 2.81 bits per heavy atom. The summed E-state index contributed by atoms with van der Waals surface area (Å²) in [5.41, 5.74) is 8.04. The average molecular weight is 512 g/mol. The number of carbonyl (C=O) groups excluding carboxylic acids is 2. The predicted octanol–water partition coefficient (Wildman–Crippen LogP) is 0.918. The molecule has 4 N–H and O–H groups in total. The molecule has 37 heavy (non-hydrogen) atoms. The molecule has 1 fully saturated rings. The summed E-state index contributed by atoms with van der Waals surface area (Å²) in [6.07, 6.45) is 9.35. The Morgan fingerprint density at radius 2 is 2.08 bits per heavy atom. The molecule has 200 valence electrons. The molecule has 10 heteroatoms. The Hall–Kier alpha value is -3.05. The Bertz CT molecular complexity index is 1010. The number of allylic oxidation sites excluding steroid dienone is 2. The molecule has 0 saturated carbocycles. The molecule has 1 aromatic carbocycles. The molecule has 2 heterocycles. The van der Waals surface area contributed by atoms with Gasteiger partial charge in [0.1, 0.15) is 24.5 Å². The van der Waals surface area contributed by atoms with Crippen LogP contribution in [-0.2, 0) is 25.7 Å². The highest BCUT2D eigenvalue weighted by Gasteiger charge is 2.41. The van der Waals surface area contributed by atoms with Crippen LogP contribution in [0.3, 0.4) is 0 Å². The van der Waals surface area contributed by atoms with Gasteiger partial charge in [-0.1, -0.05) is 48.6 Å². The van der Waals surface area contributed by atoms with E-state index in [1.54, 1.807) is 11.2 Å². The zero-order valence-corrected chi connectivity index (χ0v) is 21.2. The van der Waals surface area contributed by atoms with Gasteiger partial charge in [0, 0.05) is 6.54 Å². The first kappa shape index (κ1) is 27.0. The average Bonchev–Trinajstić information content (AvgIpc) is 3.60. The minimum Gasteiger partial charge on any atom is -0.467 e. The van der Waals surface area contributed by atoms with Gasteiger partial charge in [0.15, 0.2) is 0 Å². The van der Waals surface area contributed by atoms with Crippen molar-refractivity contribution < 1.29 is 24.2 Å². The third kappa shape index (κ3) is 6.84. The molecule has 1 aliphatic carbocycles. The summed E-state index contributed by atoms with van der Waals surface area (Å²) >= 11 is 0. The molecule has 10 nitrogen and oxygen atoms in total. The fourth-order valence-electron chi connectivity index (χ4n) is 4.91. The van der Waals surface area contributed by atoms with Crippen LogP contribution in [0.4, 0.5) is 0 Å². The van der Waals surface area contributed by atoms with E-state index < -0.39 is 30.5 Å². The number of aliphatic imine (C=N–C) groups is 1. The van der Waals surface area contributed by atoms with Gasteiger partial charge in [-0.05, 0) is 36.8 Å². The number of esters is 1. The van der Waals surface area contributed by atoms with E-state index >= 15 is 0 Å². The zero-order valence-electron chi connectivity index (χ0n) is 21.2. The van der Waals surface area contributed by atoms with Crippen molar-refractivity contribution in [3.05, 3.63) is 59.7 Å². The first-order valence-corrected chi connectivity index (χ1v) is 12.8. The Labute approximate surface area is 217 Å². The third-order valence-corrected chi connectivity index (χ3v) is 6.88. The molecule has 1 amide bonds. The number of aliphatic hydroxyl groups excluding tert-OH is 1. The van der Waals surface area contributed by atoms with Crippen molar-refractivity contribution in [1.29, 1.82) is 0 Å². The number of methoxy groups -OCH3 is 1. The summed E-state index contributed by atoms with van der Waals surface area (Å²) < 4.78 is 10.6. The van der Waals surface area contributed by atoms with Gasteiger partial charge in [-0.25, -0.2) is 4.79 Å². The SMILES string of the molecule is COC(=O)[C@@H]1CCCN1C(=O)C(C1=CCCC=C1)N1C=NC(NC(O)[C@@H](N)COCc2ccccc2)C1. The molecule has 0 radical (unpaired) electrons. The molecule has 3 aliphatic rings. The largest absolute Gasteiger partial charge is 0.467 e. The number of nitrogens with one attached hydrogen (secondary N) is 1. The second kappa shape index (κ2) is 13.0. The Morgan fingerprint density at radius 1 is 1.27 bits per heavy atom. The monoisotopic (exact) mass is 511 g/mol. The van der Waals surface area contributed by atoms with Crippen LogP contribution in [-0.4, -0.2) is 90.4 Å². The highest BCUT2D eigenvalue weighted by molar-refractivity contribution is 5.92. The standard InChI is InChI=1S/C27H37N5O5/c1-36-27(35)22-13-8-14-32(22)26(34)24(20-11-6-3-7-12-20)31-15-23(29-18-31)30-25(33)21(28)17-37-16-19-9-4-2-5-10-19/h2,4-6,9-12,18,21-25,30,33H,3,7-8,13-17,28H2,1H3/t21-,22-,23?,24?,25?/m0/s1. The number of likely N-dealkylation sites (tertiary alicyclic amines) is 1. The highest BCUT2D eigenvalue weighted by Crippen LogP contribution is 2.26. The molecule has 0 spiro atoms. The van der Waals surface area contributed by atoms with Crippen LogP contribution in [0.2, 0.25) is 0 Å². The van der Waals surface area contributed by atoms with Gasteiger partial charge in [-0.2, -0.15) is 0 Å². The van der Waals surface area contributed by atoms with Crippen LogP contribution in [0.15, 0.2) is 59.1 Å². The number of aliphatic hydroxyl groups is 1. The molecule has 0 bridgehead atoms. The van der Waals surface area contributed by atoms with E-state index in [1.165, 1.54) is 7.11 Å². The Balaban J connectivity index is 1.35. The summed E-state index contributed by atoms with van der Waals surface area (Å²) in [5.74, 6) is -0.539. The second-order valence-electron chi connectivity index (χ2n) is 9.55. The molecular weight excluding hydrogens is 474 g/mol. The van der Waals surface area contributed by atoms with Gasteiger partial charge < -0.3 is 30.1 Å². The zero-order chi connectivity index (χ0) is 26.2. The summed E-state index contributed by atoms with van der Waals surface area (Å²) in [5, 5.41) is 13.6. The first-order chi connectivity index (χ1) is 18.0. The molecular formula is C27H37N5O5. The molecule has 3 unspecified atom stereocenters. The second-order valence-corrected chi connectivity index (χ2v) is 9.55. The molecule has 1 saturated heterocycles. The molecule has 0 aromatic heterocycles. The van der Waals surface area contributed by atoms with Crippen LogP contribution in [0.1, 0.15) is 31.2 Å². The maximum atomic E-state index is 13.8. The van der Waals surface area contributed by atoms with Crippen LogP contribution in [0.25, 0.3) is 0 Å². The van der Waals surface area contributed by atoms with Gasteiger partial charge >= 0.3 is 5.97 Å². The van der Waals surface area contributed by atoms with Gasteiger partial charge in [-0.15, -0.1) is 0 Å². The lowest BCUT2D eigenvalue weighted by Gasteiger charge is -2.34. The lowest BCUT2D eigenvalue weighted by Crippen LogP contribution is -2.54. The lowest BCUT2D eigenvalue weighted by molar-refractivity contribution is -0.151. The van der Waals surface area contributed by atoms with E-state index in [1.807, 2.05) is 41.3 Å². The topological polar surface area (TPSA) is 130 Å². The van der Waals surface area contributed by atoms with Crippen LogP contribution >= 0.6 is 0 Å². The summed E-state index contributed by atoms with van der Waals surface area (Å²) in [6.45, 7) is 1.46. The van der Waals surface area contributed by atoms with Crippen molar-refractivity contribution in [3.63, 3.8) is 0 Å². The van der Waals surface area contributed by atoms with Crippen LogP contribution in [0, 0.1) is 0 Å². The number of amides is 1. The van der Waals surface area contributed by atoms with E-state index in [-0.39, 0.29) is 18.5 Å². The van der Waals surface area contributed by atoms with Crippen LogP contribution < -0.4 is 11.1 Å². The summed E-state index contributed by atoms with van der Waals surface area (Å²) in [4.78, 5) is 34.0. The fraction of sp³-hybridized carbons (Fsp3) is 0.519. The van der Waals surface area contributed by atoms with Gasteiger partial charge in [0.2, 0.25) is 0 Å². The lowest BCUT2D eigenvalue weighted by atomic mass is 9.97. The van der Waals surface area contributed by atoms with Gasteiger partial charge in [0.25, 0.3) is 5.91 Å². The summed E-state index contributed by atoms with van der Waals surface area (Å²) in [6, 6.07) is 7.91. The van der Waals surface area contributed by atoms with E-state index in [4.69, 9.17) is 15.2 Å².